The summed E-state index contributed by atoms with van der Waals surface area (Å²) in [5.41, 5.74) is 0. The van der Waals surface area contributed by atoms with Crippen molar-refractivity contribution in [2.24, 2.45) is 0 Å². The molecule has 0 bridgehead atoms. The second-order valence-electron chi connectivity index (χ2n) is 10.5. The van der Waals surface area contributed by atoms with Crippen LogP contribution in [0.1, 0.15) is 142 Å². The maximum atomic E-state index is 12.2. The number of carbonyl (C=O) groups is 1. The van der Waals surface area contributed by atoms with Crippen molar-refractivity contribution in [2.75, 3.05) is 6.61 Å². The molecule has 0 aromatic heterocycles. The minimum Gasteiger partial charge on any atom is -0.394 e. The monoisotopic (exact) mass is 531 g/mol. The van der Waals surface area contributed by atoms with Gasteiger partial charge in [0.05, 0.1) is 18.8 Å². The van der Waals surface area contributed by atoms with Crippen LogP contribution in [0.4, 0.5) is 0 Å². The van der Waals surface area contributed by atoms with Gasteiger partial charge in [0.2, 0.25) is 5.91 Å². The number of aliphatic hydroxyl groups excluding tert-OH is 2. The Kier molecular flexibility index (Phi) is 28.6. The average Bonchev–Trinajstić information content (AvgIpc) is 2.92. The molecule has 0 aromatic rings. The van der Waals surface area contributed by atoms with E-state index >= 15 is 0 Å². The number of allylic oxidation sites excluding steroid dienone is 7. The van der Waals surface area contributed by atoms with Crippen LogP contribution in [0, 0.1) is 0 Å². The van der Waals surface area contributed by atoms with Crippen molar-refractivity contribution in [3.63, 3.8) is 0 Å². The van der Waals surface area contributed by atoms with Crippen molar-refractivity contribution in [3.8, 4) is 0 Å². The fraction of sp³-hybridized carbons (Fsp3) is 0.735. The molecule has 0 rings (SSSR count). The molecule has 2 atom stereocenters. The summed E-state index contributed by atoms with van der Waals surface area (Å²) in [4.78, 5) is 12.2. The van der Waals surface area contributed by atoms with Gasteiger partial charge in [-0.25, -0.2) is 0 Å². The molecule has 0 saturated carbocycles. The van der Waals surface area contributed by atoms with Crippen LogP contribution < -0.4 is 5.32 Å². The Morgan fingerprint density at radius 1 is 0.632 bits per heavy atom. The molecular formula is C34H61NO3. The van der Waals surface area contributed by atoms with Gasteiger partial charge in [-0.1, -0.05) is 127 Å². The maximum absolute atomic E-state index is 12.2. The molecule has 1 amide bonds. The zero-order valence-electron chi connectivity index (χ0n) is 24.9. The summed E-state index contributed by atoms with van der Waals surface area (Å²) in [5, 5.41) is 22.5. The lowest BCUT2D eigenvalue weighted by Gasteiger charge is -2.20. The van der Waals surface area contributed by atoms with Gasteiger partial charge in [0.15, 0.2) is 0 Å². The van der Waals surface area contributed by atoms with E-state index in [1.807, 2.05) is 6.08 Å². The zero-order valence-corrected chi connectivity index (χ0v) is 24.9. The highest BCUT2D eigenvalue weighted by molar-refractivity contribution is 5.76. The van der Waals surface area contributed by atoms with Crippen molar-refractivity contribution in [1.82, 2.24) is 5.32 Å². The molecule has 0 spiro atoms. The van der Waals surface area contributed by atoms with Crippen LogP contribution in [-0.2, 0) is 4.79 Å². The minimum absolute atomic E-state index is 0.0875. The third kappa shape index (κ3) is 26.0. The van der Waals surface area contributed by atoms with Gasteiger partial charge in [-0.15, -0.1) is 0 Å². The standard InChI is InChI=1S/C34H61NO3/c1-3-5-7-9-10-11-12-13-14-15-16-17-18-19-20-21-22-23-24-26-28-30-34(38)35-32(31-36)33(37)29-27-25-8-6-4-2/h12-13,15-16,18-19,27,29,32-33,36-37H,3-11,14,17,20-26,28,30-31H2,1-2H3,(H,35,38)/b13-12-,16-15-,19-18-,29-27+. The highest BCUT2D eigenvalue weighted by Gasteiger charge is 2.17. The number of hydrogen-bond donors (Lipinski definition) is 3. The van der Waals surface area contributed by atoms with Gasteiger partial charge >= 0.3 is 0 Å². The first-order chi connectivity index (χ1) is 18.7. The van der Waals surface area contributed by atoms with Crippen molar-refractivity contribution in [3.05, 3.63) is 48.6 Å². The predicted octanol–water partition coefficient (Wildman–Crippen LogP) is 8.89. The smallest absolute Gasteiger partial charge is 0.220 e. The largest absolute Gasteiger partial charge is 0.394 e. The van der Waals surface area contributed by atoms with E-state index in [9.17, 15) is 15.0 Å². The number of aliphatic hydroxyl groups is 2. The van der Waals surface area contributed by atoms with Gasteiger partial charge in [-0.05, 0) is 57.8 Å². The van der Waals surface area contributed by atoms with E-state index < -0.39 is 12.1 Å². The lowest BCUT2D eigenvalue weighted by atomic mass is 10.1. The third-order valence-corrected chi connectivity index (χ3v) is 6.81. The Morgan fingerprint density at radius 2 is 1.08 bits per heavy atom. The molecule has 220 valence electrons. The molecule has 3 N–H and O–H groups in total. The highest BCUT2D eigenvalue weighted by atomic mass is 16.3. The molecule has 0 fully saturated rings. The summed E-state index contributed by atoms with van der Waals surface area (Å²) in [6.07, 6.45) is 39.2. The van der Waals surface area contributed by atoms with E-state index in [1.54, 1.807) is 6.08 Å². The topological polar surface area (TPSA) is 69.6 Å². The SMILES string of the molecule is CCCCC/C=C/C(O)C(CO)NC(=O)CCCCCCCC/C=C\C/C=C\C/C=C\CCCCCCC. The van der Waals surface area contributed by atoms with Crippen LogP contribution in [0.3, 0.4) is 0 Å². The van der Waals surface area contributed by atoms with Gasteiger partial charge in [-0.2, -0.15) is 0 Å². The Bertz CT molecular complexity index is 623. The molecule has 4 heteroatoms. The van der Waals surface area contributed by atoms with Crippen LogP contribution >= 0.6 is 0 Å². The molecule has 4 nitrogen and oxygen atoms in total. The van der Waals surface area contributed by atoms with Crippen molar-refractivity contribution in [2.45, 2.75) is 154 Å². The van der Waals surface area contributed by atoms with E-state index in [0.29, 0.717) is 6.42 Å². The van der Waals surface area contributed by atoms with Gasteiger partial charge in [0.1, 0.15) is 0 Å². The normalized spacial score (nSPS) is 13.9. The van der Waals surface area contributed by atoms with Crippen molar-refractivity contribution < 1.29 is 15.0 Å². The summed E-state index contributed by atoms with van der Waals surface area (Å²) in [7, 11) is 0. The van der Waals surface area contributed by atoms with E-state index in [0.717, 1.165) is 51.4 Å². The Balaban J connectivity index is 3.62. The van der Waals surface area contributed by atoms with Gasteiger partial charge < -0.3 is 15.5 Å². The number of unbranched alkanes of at least 4 members (excludes halogenated alkanes) is 14. The first-order valence-corrected chi connectivity index (χ1v) is 15.9. The highest BCUT2D eigenvalue weighted by Crippen LogP contribution is 2.10. The quantitative estimate of drug-likeness (QED) is 0.0732. The number of rotatable bonds is 27. The molecule has 0 aliphatic carbocycles. The van der Waals surface area contributed by atoms with Gasteiger partial charge in [0, 0.05) is 6.42 Å². The molecule has 0 saturated heterocycles. The average molecular weight is 532 g/mol. The number of hydrogen-bond acceptors (Lipinski definition) is 3. The third-order valence-electron chi connectivity index (χ3n) is 6.81. The van der Waals surface area contributed by atoms with Crippen LogP contribution in [0.5, 0.6) is 0 Å². The van der Waals surface area contributed by atoms with Crippen LogP contribution in [0.25, 0.3) is 0 Å². The lowest BCUT2D eigenvalue weighted by Crippen LogP contribution is -2.45. The molecule has 0 aliphatic heterocycles. The van der Waals surface area contributed by atoms with Crippen LogP contribution in [-0.4, -0.2) is 34.9 Å². The van der Waals surface area contributed by atoms with Crippen LogP contribution in [0.15, 0.2) is 48.6 Å². The summed E-state index contributed by atoms with van der Waals surface area (Å²) in [6, 6.07) is -0.625. The Morgan fingerprint density at radius 3 is 1.66 bits per heavy atom. The Labute approximate surface area is 235 Å². The van der Waals surface area contributed by atoms with Crippen LogP contribution in [0.2, 0.25) is 0 Å². The summed E-state index contributed by atoms with van der Waals surface area (Å²) in [6.45, 7) is 4.16. The molecule has 0 aromatic carbocycles. The molecular weight excluding hydrogens is 470 g/mol. The maximum Gasteiger partial charge on any atom is 0.220 e. The minimum atomic E-state index is -0.840. The fourth-order valence-corrected chi connectivity index (χ4v) is 4.30. The number of carbonyl (C=O) groups excluding carboxylic acids is 1. The number of nitrogens with one attached hydrogen (secondary N) is 1. The van der Waals surface area contributed by atoms with E-state index in [2.05, 4.69) is 55.6 Å². The molecule has 2 unspecified atom stereocenters. The molecule has 38 heavy (non-hydrogen) atoms. The summed E-state index contributed by atoms with van der Waals surface area (Å²) in [5.74, 6) is -0.0875. The summed E-state index contributed by atoms with van der Waals surface area (Å²) >= 11 is 0. The predicted molar refractivity (Wildman–Crippen MR) is 165 cm³/mol. The zero-order chi connectivity index (χ0) is 27.9. The second-order valence-corrected chi connectivity index (χ2v) is 10.5. The summed E-state index contributed by atoms with van der Waals surface area (Å²) < 4.78 is 0. The van der Waals surface area contributed by atoms with E-state index in [-0.39, 0.29) is 12.5 Å². The van der Waals surface area contributed by atoms with Crippen molar-refractivity contribution in [1.29, 1.82) is 0 Å². The number of amides is 1. The van der Waals surface area contributed by atoms with E-state index in [1.165, 1.54) is 70.6 Å². The molecule has 0 heterocycles. The lowest BCUT2D eigenvalue weighted by molar-refractivity contribution is -0.123. The van der Waals surface area contributed by atoms with Gasteiger partial charge in [-0.3, -0.25) is 4.79 Å². The van der Waals surface area contributed by atoms with E-state index in [4.69, 9.17) is 0 Å². The molecule has 0 radical (unpaired) electrons. The first-order valence-electron chi connectivity index (χ1n) is 15.9. The van der Waals surface area contributed by atoms with Crippen molar-refractivity contribution >= 4 is 5.91 Å². The van der Waals surface area contributed by atoms with Gasteiger partial charge in [0.25, 0.3) is 0 Å². The second kappa shape index (κ2) is 29.9. The fourth-order valence-electron chi connectivity index (χ4n) is 4.30. The molecule has 0 aliphatic rings. The Hall–Kier alpha value is -1.65. The first kappa shape index (κ1) is 36.4.